The molecule has 1 aliphatic rings. The second-order valence-electron chi connectivity index (χ2n) is 9.78. The van der Waals surface area contributed by atoms with Gasteiger partial charge in [0.25, 0.3) is 0 Å². The number of aliphatic hydroxyl groups excluding tert-OH is 4. The molecule has 1 aliphatic heterocycles. The summed E-state index contributed by atoms with van der Waals surface area (Å²) in [6.07, 6.45) is -0.976. The van der Waals surface area contributed by atoms with Crippen molar-refractivity contribution in [1.82, 2.24) is 0 Å². The fraction of sp³-hybridized carbons (Fsp3) is 0.533. The van der Waals surface area contributed by atoms with E-state index in [1.54, 1.807) is 0 Å². The Balaban J connectivity index is 1.76. The molecule has 1 saturated heterocycles. The first-order valence-electron chi connectivity index (χ1n) is 13.3. The van der Waals surface area contributed by atoms with Crippen LogP contribution in [-0.2, 0) is 22.3 Å². The van der Waals surface area contributed by atoms with Crippen LogP contribution in [0.4, 0.5) is 0 Å². The summed E-state index contributed by atoms with van der Waals surface area (Å²) in [4.78, 5) is 0. The lowest BCUT2D eigenvalue weighted by Crippen LogP contribution is -2.63. The Morgan fingerprint density at radius 1 is 1.00 bits per heavy atom. The third-order valence-electron chi connectivity index (χ3n) is 6.76. The zero-order valence-electron chi connectivity index (χ0n) is 21.7. The highest BCUT2D eigenvalue weighted by Crippen LogP contribution is 2.30. The molecule has 2 aromatic carbocycles. The number of ether oxygens (including phenoxy) is 3. The van der Waals surface area contributed by atoms with Crippen LogP contribution in [0.1, 0.15) is 43.7 Å². The molecule has 7 atom stereocenters. The van der Waals surface area contributed by atoms with Crippen LogP contribution in [0.15, 0.2) is 67.3 Å². The Kier molecular flexibility index (Phi) is 12.1. The number of aliphatic hydroxyl groups is 4. The Bertz CT molecular complexity index is 904. The fourth-order valence-corrected chi connectivity index (χ4v) is 4.77. The van der Waals surface area contributed by atoms with Crippen molar-refractivity contribution in [1.29, 1.82) is 0 Å². The van der Waals surface area contributed by atoms with Gasteiger partial charge < -0.3 is 34.6 Å². The Morgan fingerprint density at radius 2 is 1.73 bits per heavy atom. The van der Waals surface area contributed by atoms with Crippen molar-refractivity contribution in [2.45, 2.75) is 82.3 Å². The monoisotopic (exact) mass is 514 g/mol. The molecule has 0 saturated carbocycles. The summed E-state index contributed by atoms with van der Waals surface area (Å²) >= 11 is 0. The van der Waals surface area contributed by atoms with Gasteiger partial charge >= 0.3 is 0 Å². The largest absolute Gasteiger partial charge is 0.462 e. The van der Waals surface area contributed by atoms with E-state index in [1.165, 1.54) is 5.56 Å². The Hall–Kier alpha value is -2.26. The van der Waals surface area contributed by atoms with Gasteiger partial charge in [-0.25, -0.2) is 0 Å². The quantitative estimate of drug-likeness (QED) is 0.270. The van der Waals surface area contributed by atoms with Crippen LogP contribution >= 0.6 is 0 Å². The lowest BCUT2D eigenvalue weighted by Gasteiger charge is -2.44. The number of hydrogen-bond acceptors (Lipinski definition) is 7. The molecule has 7 heteroatoms. The van der Waals surface area contributed by atoms with Crippen molar-refractivity contribution in [2.75, 3.05) is 13.2 Å². The second kappa shape index (κ2) is 15.2. The standard InChI is InChI=1S/C30H42O7/c1-3-9-21-14-16-24(17-15-21)36-30-29(27(34)26(33)28(37-30)25(32)13-8-18-31)35-20-23(10-4-2)19-22-11-6-5-7-12-22/h3,5-7,11-12,14-17,23,25-34H,1,4,8-10,13,18-20H2,2H3/t23-,25+,26-,27-,28+,29-,30-/m0/s1. The first kappa shape index (κ1) is 29.3. The van der Waals surface area contributed by atoms with Crippen LogP contribution in [0.25, 0.3) is 0 Å². The maximum atomic E-state index is 11.1. The molecular formula is C30H42O7. The van der Waals surface area contributed by atoms with Crippen LogP contribution in [0, 0.1) is 5.92 Å². The highest BCUT2D eigenvalue weighted by molar-refractivity contribution is 5.28. The van der Waals surface area contributed by atoms with Crippen molar-refractivity contribution in [3.05, 3.63) is 78.4 Å². The molecule has 1 fully saturated rings. The third-order valence-corrected chi connectivity index (χ3v) is 6.76. The number of allylic oxidation sites excluding steroid dienone is 1. The van der Waals surface area contributed by atoms with E-state index < -0.39 is 36.8 Å². The summed E-state index contributed by atoms with van der Waals surface area (Å²) in [5, 5.41) is 41.6. The summed E-state index contributed by atoms with van der Waals surface area (Å²) in [6, 6.07) is 17.7. The summed E-state index contributed by atoms with van der Waals surface area (Å²) in [7, 11) is 0. The van der Waals surface area contributed by atoms with Crippen LogP contribution in [0.2, 0.25) is 0 Å². The van der Waals surface area contributed by atoms with Crippen LogP contribution in [0.5, 0.6) is 5.75 Å². The molecule has 7 nitrogen and oxygen atoms in total. The highest BCUT2D eigenvalue weighted by atomic mass is 16.7. The van der Waals surface area contributed by atoms with Crippen molar-refractivity contribution >= 4 is 0 Å². The molecule has 0 amide bonds. The molecular weight excluding hydrogens is 472 g/mol. The van der Waals surface area contributed by atoms with Gasteiger partial charge in [0.1, 0.15) is 30.2 Å². The van der Waals surface area contributed by atoms with Gasteiger partial charge in [0.05, 0.1) is 12.7 Å². The molecule has 2 aromatic rings. The van der Waals surface area contributed by atoms with Crippen molar-refractivity contribution < 1.29 is 34.6 Å². The zero-order valence-corrected chi connectivity index (χ0v) is 21.7. The summed E-state index contributed by atoms with van der Waals surface area (Å²) in [5.41, 5.74) is 2.29. The summed E-state index contributed by atoms with van der Waals surface area (Å²) < 4.78 is 18.4. The van der Waals surface area contributed by atoms with Gasteiger partial charge in [-0.15, -0.1) is 6.58 Å². The number of hydrogen-bond donors (Lipinski definition) is 4. The second-order valence-corrected chi connectivity index (χ2v) is 9.78. The van der Waals surface area contributed by atoms with Crippen LogP contribution in [-0.4, -0.2) is 70.4 Å². The van der Waals surface area contributed by atoms with E-state index in [9.17, 15) is 15.3 Å². The average Bonchev–Trinajstić information content (AvgIpc) is 2.91. The minimum absolute atomic E-state index is 0.0919. The predicted molar refractivity (Wildman–Crippen MR) is 142 cm³/mol. The maximum Gasteiger partial charge on any atom is 0.229 e. The van der Waals surface area contributed by atoms with E-state index in [4.69, 9.17) is 19.3 Å². The van der Waals surface area contributed by atoms with E-state index in [-0.39, 0.29) is 18.9 Å². The molecule has 1 heterocycles. The molecule has 0 unspecified atom stereocenters. The van der Waals surface area contributed by atoms with Crippen molar-refractivity contribution in [3.8, 4) is 5.75 Å². The lowest BCUT2D eigenvalue weighted by molar-refractivity contribution is -0.299. The lowest BCUT2D eigenvalue weighted by atomic mass is 9.92. The van der Waals surface area contributed by atoms with Gasteiger partial charge in [-0.3, -0.25) is 0 Å². The molecule has 204 valence electrons. The van der Waals surface area contributed by atoms with E-state index in [0.717, 1.165) is 31.2 Å². The van der Waals surface area contributed by atoms with Crippen LogP contribution < -0.4 is 4.74 Å². The average molecular weight is 515 g/mol. The summed E-state index contributed by atoms with van der Waals surface area (Å²) in [6.45, 7) is 6.15. The zero-order chi connectivity index (χ0) is 26.6. The van der Waals surface area contributed by atoms with Gasteiger partial charge in [0.15, 0.2) is 0 Å². The van der Waals surface area contributed by atoms with E-state index in [2.05, 4.69) is 25.6 Å². The Labute approximate surface area is 220 Å². The van der Waals surface area contributed by atoms with Gasteiger partial charge in [-0.05, 0) is 61.3 Å². The fourth-order valence-electron chi connectivity index (χ4n) is 4.77. The molecule has 37 heavy (non-hydrogen) atoms. The number of benzene rings is 2. The third kappa shape index (κ3) is 8.64. The molecule has 3 rings (SSSR count). The van der Waals surface area contributed by atoms with Crippen LogP contribution in [0.3, 0.4) is 0 Å². The Morgan fingerprint density at radius 3 is 2.38 bits per heavy atom. The number of rotatable bonds is 15. The predicted octanol–water partition coefficient (Wildman–Crippen LogP) is 3.42. The molecule has 4 N–H and O–H groups in total. The maximum absolute atomic E-state index is 11.1. The van der Waals surface area contributed by atoms with Gasteiger partial charge in [0.2, 0.25) is 6.29 Å². The van der Waals surface area contributed by atoms with Gasteiger partial charge in [-0.2, -0.15) is 0 Å². The van der Waals surface area contributed by atoms with E-state index >= 15 is 0 Å². The van der Waals surface area contributed by atoms with Crippen molar-refractivity contribution in [2.24, 2.45) is 5.92 Å². The first-order valence-corrected chi connectivity index (χ1v) is 13.3. The minimum atomic E-state index is -1.37. The first-order chi connectivity index (χ1) is 18.0. The van der Waals surface area contributed by atoms with Gasteiger partial charge in [0, 0.05) is 6.61 Å². The molecule has 0 bridgehead atoms. The molecule has 0 spiro atoms. The normalized spacial score (nSPS) is 25.4. The van der Waals surface area contributed by atoms with E-state index in [1.807, 2.05) is 48.5 Å². The molecule has 0 aromatic heterocycles. The SMILES string of the molecule is C=CCc1ccc(O[C@H]2O[C@H]([C@H](O)CCCO)[C@@H](O)[C@H](O)[C@@H]2OC[C@@H](CCC)Cc2ccccc2)cc1. The van der Waals surface area contributed by atoms with Gasteiger partial charge in [-0.1, -0.05) is 61.9 Å². The highest BCUT2D eigenvalue weighted by Gasteiger charge is 2.49. The minimum Gasteiger partial charge on any atom is -0.462 e. The molecule has 0 aliphatic carbocycles. The van der Waals surface area contributed by atoms with Crippen molar-refractivity contribution in [3.63, 3.8) is 0 Å². The smallest absolute Gasteiger partial charge is 0.229 e. The summed E-state index contributed by atoms with van der Waals surface area (Å²) in [5.74, 6) is 0.733. The van der Waals surface area contributed by atoms with E-state index in [0.29, 0.717) is 18.8 Å². The molecule has 0 radical (unpaired) electrons. The topological polar surface area (TPSA) is 109 Å².